The molecule has 45 heavy (non-hydrogen) atoms. The summed E-state index contributed by atoms with van der Waals surface area (Å²) in [5.41, 5.74) is 6.12. The Bertz CT molecular complexity index is 1480. The summed E-state index contributed by atoms with van der Waals surface area (Å²) in [7, 11) is 1.96. The van der Waals surface area contributed by atoms with E-state index in [-0.39, 0.29) is 23.7 Å². The van der Waals surface area contributed by atoms with Crippen LogP contribution in [0, 0.1) is 17.7 Å². The Morgan fingerprint density at radius 3 is 2.64 bits per heavy atom. The molecule has 8 heteroatoms. The van der Waals surface area contributed by atoms with Crippen molar-refractivity contribution in [2.75, 3.05) is 33.3 Å². The van der Waals surface area contributed by atoms with E-state index in [1.807, 2.05) is 33.0 Å². The number of hydrogen-bond acceptors (Lipinski definition) is 5. The summed E-state index contributed by atoms with van der Waals surface area (Å²) >= 11 is 0. The van der Waals surface area contributed by atoms with Crippen molar-refractivity contribution in [1.29, 1.82) is 0 Å². The number of aryl methyl sites for hydroxylation is 1. The lowest BCUT2D eigenvalue weighted by Gasteiger charge is -2.35. The molecule has 0 unspecified atom stereocenters. The Hall–Kier alpha value is -3.23. The molecule has 6 rings (SSSR count). The number of carbonyl (C=O) groups is 1. The van der Waals surface area contributed by atoms with Gasteiger partial charge in [-0.2, -0.15) is 5.10 Å². The number of fused-ring (bicyclic) bond motifs is 1. The van der Waals surface area contributed by atoms with E-state index in [0.717, 1.165) is 88.3 Å². The van der Waals surface area contributed by atoms with E-state index in [1.165, 1.54) is 22.9 Å². The fourth-order valence-electron chi connectivity index (χ4n) is 8.39. The number of rotatable bonds is 11. The monoisotopic (exact) mass is 616 g/mol. The summed E-state index contributed by atoms with van der Waals surface area (Å²) in [6.45, 7) is 10.8. The van der Waals surface area contributed by atoms with Crippen LogP contribution in [0.5, 0.6) is 5.75 Å². The van der Waals surface area contributed by atoms with E-state index in [1.54, 1.807) is 6.07 Å². The summed E-state index contributed by atoms with van der Waals surface area (Å²) in [6, 6.07) is 15.6. The largest absolute Gasteiger partial charge is 0.493 e. The fourth-order valence-corrected chi connectivity index (χ4v) is 8.39. The lowest BCUT2D eigenvalue weighted by atomic mass is 9.87. The molecule has 4 atom stereocenters. The van der Waals surface area contributed by atoms with Crippen LogP contribution in [0.15, 0.2) is 48.5 Å². The number of hydrogen-bond donors (Lipinski definition) is 1. The maximum Gasteiger partial charge on any atom is 0.321 e. The van der Waals surface area contributed by atoms with Gasteiger partial charge in [-0.3, -0.25) is 14.4 Å². The SMILES string of the molecule is CCn1nc(Cc2ccc3c(c2)CCO3)cc1C1CCN(C[C@H]2C[C@H](N(C)[C@@H](C(=O)O)C(C)C)C[C@@H]2c2cccc(F)c2)CC1. The normalized spacial score (nSPS) is 23.0. The molecule has 1 aromatic heterocycles. The molecule has 0 amide bonds. The molecule has 3 aliphatic rings. The average Bonchev–Trinajstić information content (AvgIpc) is 3.75. The number of likely N-dealkylation sites (tertiary alicyclic amines) is 1. The zero-order chi connectivity index (χ0) is 31.7. The van der Waals surface area contributed by atoms with Gasteiger partial charge in [0.05, 0.1) is 12.3 Å². The van der Waals surface area contributed by atoms with E-state index >= 15 is 0 Å². The first-order valence-electron chi connectivity index (χ1n) is 16.9. The minimum atomic E-state index is -0.767. The molecule has 1 saturated carbocycles. The number of carboxylic acid groups (broad SMARTS) is 1. The van der Waals surface area contributed by atoms with Crippen LogP contribution in [0.4, 0.5) is 4.39 Å². The first-order valence-corrected chi connectivity index (χ1v) is 16.9. The second kappa shape index (κ2) is 13.6. The van der Waals surface area contributed by atoms with E-state index in [2.05, 4.69) is 45.7 Å². The van der Waals surface area contributed by atoms with Crippen LogP contribution in [-0.2, 0) is 24.2 Å². The van der Waals surface area contributed by atoms with Crippen molar-refractivity contribution >= 4 is 5.97 Å². The van der Waals surface area contributed by atoms with Crippen LogP contribution in [0.2, 0.25) is 0 Å². The average molecular weight is 617 g/mol. The minimum Gasteiger partial charge on any atom is -0.493 e. The first-order chi connectivity index (χ1) is 21.7. The van der Waals surface area contributed by atoms with Crippen LogP contribution in [0.3, 0.4) is 0 Å². The summed E-state index contributed by atoms with van der Waals surface area (Å²) in [4.78, 5) is 16.8. The molecule has 1 aliphatic carbocycles. The molecule has 1 N–H and O–H groups in total. The molecular weight excluding hydrogens is 567 g/mol. The topological polar surface area (TPSA) is 70.8 Å². The van der Waals surface area contributed by atoms with Gasteiger partial charge >= 0.3 is 5.97 Å². The van der Waals surface area contributed by atoms with Crippen molar-refractivity contribution in [3.63, 3.8) is 0 Å². The Morgan fingerprint density at radius 2 is 1.93 bits per heavy atom. The van der Waals surface area contributed by atoms with Crippen molar-refractivity contribution < 1.29 is 19.0 Å². The second-order valence-electron chi connectivity index (χ2n) is 13.9. The van der Waals surface area contributed by atoms with Crippen LogP contribution in [0.1, 0.15) is 86.4 Å². The Balaban J connectivity index is 1.12. The minimum absolute atomic E-state index is 0.0123. The third-order valence-corrected chi connectivity index (χ3v) is 10.6. The number of likely N-dealkylation sites (N-methyl/N-ethyl adjacent to an activating group) is 1. The van der Waals surface area contributed by atoms with Gasteiger partial charge in [0.15, 0.2) is 0 Å². The van der Waals surface area contributed by atoms with Gasteiger partial charge < -0.3 is 14.7 Å². The van der Waals surface area contributed by atoms with Gasteiger partial charge in [-0.1, -0.05) is 38.1 Å². The lowest BCUT2D eigenvalue weighted by molar-refractivity contribution is -0.145. The number of aromatic nitrogens is 2. The van der Waals surface area contributed by atoms with Gasteiger partial charge in [0.1, 0.15) is 17.6 Å². The van der Waals surface area contributed by atoms with Gasteiger partial charge in [0.25, 0.3) is 0 Å². The Kier molecular flexibility index (Phi) is 9.62. The van der Waals surface area contributed by atoms with Gasteiger partial charge in [0.2, 0.25) is 0 Å². The third-order valence-electron chi connectivity index (χ3n) is 10.6. The quantitative estimate of drug-likeness (QED) is 0.271. The van der Waals surface area contributed by atoms with Gasteiger partial charge in [0, 0.05) is 43.6 Å². The van der Waals surface area contributed by atoms with Gasteiger partial charge in [-0.15, -0.1) is 0 Å². The van der Waals surface area contributed by atoms with Gasteiger partial charge in [-0.05, 0) is 111 Å². The highest BCUT2D eigenvalue weighted by Crippen LogP contribution is 2.44. The predicted octanol–water partition coefficient (Wildman–Crippen LogP) is 6.35. The number of halogens is 1. The molecule has 2 fully saturated rings. The van der Waals surface area contributed by atoms with E-state index in [9.17, 15) is 14.3 Å². The van der Waals surface area contributed by atoms with Crippen LogP contribution < -0.4 is 4.74 Å². The number of nitrogens with zero attached hydrogens (tertiary/aromatic N) is 4. The number of carboxylic acids is 1. The molecule has 1 saturated heterocycles. The lowest BCUT2D eigenvalue weighted by Crippen LogP contribution is -2.47. The molecule has 2 aromatic carbocycles. The van der Waals surface area contributed by atoms with E-state index < -0.39 is 12.0 Å². The van der Waals surface area contributed by atoms with Crippen LogP contribution in [0.25, 0.3) is 0 Å². The molecule has 0 radical (unpaired) electrons. The molecule has 3 heterocycles. The zero-order valence-corrected chi connectivity index (χ0v) is 27.3. The summed E-state index contributed by atoms with van der Waals surface area (Å²) < 4.78 is 22.2. The smallest absolute Gasteiger partial charge is 0.321 e. The highest BCUT2D eigenvalue weighted by Gasteiger charge is 2.42. The molecule has 2 aliphatic heterocycles. The molecule has 0 bridgehead atoms. The summed E-state index contributed by atoms with van der Waals surface area (Å²) in [6.07, 6.45) is 5.79. The molecule has 0 spiro atoms. The number of aliphatic carboxylic acids is 1. The zero-order valence-electron chi connectivity index (χ0n) is 27.3. The molecule has 7 nitrogen and oxygen atoms in total. The predicted molar refractivity (Wildman–Crippen MR) is 174 cm³/mol. The Labute approximate surface area is 267 Å². The molecule has 3 aromatic rings. The van der Waals surface area contributed by atoms with Crippen molar-refractivity contribution in [3.8, 4) is 5.75 Å². The Morgan fingerprint density at radius 1 is 1.13 bits per heavy atom. The summed E-state index contributed by atoms with van der Waals surface area (Å²) in [5, 5.41) is 15.0. The number of benzene rings is 2. The maximum atomic E-state index is 14.3. The van der Waals surface area contributed by atoms with E-state index in [4.69, 9.17) is 9.84 Å². The van der Waals surface area contributed by atoms with Gasteiger partial charge in [-0.25, -0.2) is 4.39 Å². The van der Waals surface area contributed by atoms with Crippen LogP contribution >= 0.6 is 0 Å². The second-order valence-corrected chi connectivity index (χ2v) is 13.9. The first kappa shape index (κ1) is 31.7. The van der Waals surface area contributed by atoms with Crippen molar-refractivity contribution in [2.45, 2.75) is 89.8 Å². The molecular formula is C37H49FN4O3. The van der Waals surface area contributed by atoms with Crippen LogP contribution in [-0.4, -0.2) is 76.0 Å². The fraction of sp³-hybridized carbons (Fsp3) is 0.568. The summed E-state index contributed by atoms with van der Waals surface area (Å²) in [5.74, 6) is 1.11. The number of piperidine rings is 1. The highest BCUT2D eigenvalue weighted by molar-refractivity contribution is 5.73. The third kappa shape index (κ3) is 6.97. The standard InChI is InChI=1S/C37H49FN4O3/c1-5-42-34(21-31(39-42)18-25-9-10-35-28(17-25)13-16-45-35)26-11-14-41(15-12-26)23-29-20-32(40(4)36(24(2)3)37(43)44)22-33(29)27-7-6-8-30(38)19-27/h6-10,17,19,21,24,26,29,32-33,36H,5,11-16,18,20,22-23H2,1-4H3,(H,43,44)/t29-,32+,33-,36-/m1/s1. The molecule has 242 valence electrons. The van der Waals surface area contributed by atoms with E-state index in [0.29, 0.717) is 11.8 Å². The number of ether oxygens (including phenoxy) is 1. The highest BCUT2D eigenvalue weighted by atomic mass is 19.1. The van der Waals surface area contributed by atoms with Crippen molar-refractivity contribution in [1.82, 2.24) is 19.6 Å². The van der Waals surface area contributed by atoms with Crippen molar-refractivity contribution in [2.24, 2.45) is 11.8 Å². The van der Waals surface area contributed by atoms with Crippen molar-refractivity contribution in [3.05, 3.63) is 82.4 Å². The maximum absolute atomic E-state index is 14.3.